The predicted octanol–water partition coefficient (Wildman–Crippen LogP) is 3.41. The maximum absolute atomic E-state index is 13.0. The van der Waals surface area contributed by atoms with Crippen molar-refractivity contribution in [2.45, 2.75) is 6.42 Å². The Bertz CT molecular complexity index is 907. The number of carbonyl (C=O) groups excluding carboxylic acids is 1. The van der Waals surface area contributed by atoms with Crippen molar-refractivity contribution in [3.05, 3.63) is 71.3 Å². The number of hydrogen-bond acceptors (Lipinski definition) is 4. The summed E-state index contributed by atoms with van der Waals surface area (Å²) in [5.74, 6) is 0.290. The highest BCUT2D eigenvalue weighted by molar-refractivity contribution is 6.04. The molecule has 0 fully saturated rings. The Morgan fingerprint density at radius 1 is 1.15 bits per heavy atom. The van der Waals surface area contributed by atoms with Gasteiger partial charge < -0.3 is 14.8 Å². The highest BCUT2D eigenvalue weighted by atomic mass is 19.1. The molecule has 0 radical (unpaired) electrons. The van der Waals surface area contributed by atoms with Gasteiger partial charge in [0, 0.05) is 12.1 Å². The van der Waals surface area contributed by atoms with Crippen LogP contribution in [0.5, 0.6) is 11.5 Å². The molecular formula is C19H18FN3O3. The van der Waals surface area contributed by atoms with E-state index in [1.807, 2.05) is 0 Å². The van der Waals surface area contributed by atoms with Crippen molar-refractivity contribution in [1.82, 2.24) is 10.2 Å². The Labute approximate surface area is 150 Å². The van der Waals surface area contributed by atoms with Crippen LogP contribution in [0.1, 0.15) is 21.7 Å². The molecule has 0 spiro atoms. The fourth-order valence-corrected chi connectivity index (χ4v) is 2.56. The third-order valence-electron chi connectivity index (χ3n) is 3.82. The second-order valence-corrected chi connectivity index (χ2v) is 5.58. The second kappa shape index (κ2) is 7.69. The van der Waals surface area contributed by atoms with Crippen molar-refractivity contribution in [3.63, 3.8) is 0 Å². The fourth-order valence-electron chi connectivity index (χ4n) is 2.56. The monoisotopic (exact) mass is 355 g/mol. The summed E-state index contributed by atoms with van der Waals surface area (Å²) >= 11 is 0. The molecule has 0 unspecified atom stereocenters. The SMILES string of the molecule is COc1cccc(NC(=O)c2cc(Cc3ccc(F)cc3)[nH]n2)c1OC. The van der Waals surface area contributed by atoms with Crippen LogP contribution in [-0.2, 0) is 6.42 Å². The summed E-state index contributed by atoms with van der Waals surface area (Å²) in [5, 5.41) is 9.63. The number of aromatic nitrogens is 2. The summed E-state index contributed by atoms with van der Waals surface area (Å²) in [6.07, 6.45) is 0.517. The highest BCUT2D eigenvalue weighted by Gasteiger charge is 2.15. The van der Waals surface area contributed by atoms with Crippen LogP contribution < -0.4 is 14.8 Å². The molecule has 26 heavy (non-hydrogen) atoms. The number of nitrogens with one attached hydrogen (secondary N) is 2. The molecule has 0 saturated heterocycles. The zero-order valence-corrected chi connectivity index (χ0v) is 14.4. The van der Waals surface area contributed by atoms with Crippen LogP contribution in [0.15, 0.2) is 48.5 Å². The van der Waals surface area contributed by atoms with Crippen LogP contribution in [0.2, 0.25) is 0 Å². The van der Waals surface area contributed by atoms with Gasteiger partial charge in [-0.25, -0.2) is 4.39 Å². The molecule has 0 atom stereocenters. The Kier molecular flexibility index (Phi) is 5.17. The second-order valence-electron chi connectivity index (χ2n) is 5.58. The molecule has 2 aromatic carbocycles. The van der Waals surface area contributed by atoms with Crippen LogP contribution in [0.3, 0.4) is 0 Å². The molecule has 6 nitrogen and oxygen atoms in total. The molecular weight excluding hydrogens is 337 g/mol. The average molecular weight is 355 g/mol. The van der Waals surface area contributed by atoms with E-state index in [9.17, 15) is 9.18 Å². The van der Waals surface area contributed by atoms with Gasteiger partial charge in [-0.15, -0.1) is 0 Å². The van der Waals surface area contributed by atoms with E-state index in [1.54, 1.807) is 36.4 Å². The standard InChI is InChI=1S/C19H18FN3O3/c1-25-17-5-3-4-15(18(17)26-2)21-19(24)16-11-14(22-23-16)10-12-6-8-13(20)9-7-12/h3-9,11H,10H2,1-2H3,(H,21,24)(H,22,23). The first-order chi connectivity index (χ1) is 12.6. The molecule has 0 saturated carbocycles. The number of benzene rings is 2. The highest BCUT2D eigenvalue weighted by Crippen LogP contribution is 2.34. The van der Waals surface area contributed by atoms with Crippen LogP contribution >= 0.6 is 0 Å². The molecule has 134 valence electrons. The van der Waals surface area contributed by atoms with Gasteiger partial charge in [-0.2, -0.15) is 5.10 Å². The van der Waals surface area contributed by atoms with Crippen molar-refractivity contribution in [2.75, 3.05) is 19.5 Å². The zero-order chi connectivity index (χ0) is 18.5. The minimum atomic E-state index is -0.377. The van der Waals surface area contributed by atoms with Crippen molar-refractivity contribution in [2.24, 2.45) is 0 Å². The summed E-state index contributed by atoms with van der Waals surface area (Å²) in [7, 11) is 3.03. The minimum Gasteiger partial charge on any atom is -0.493 e. The predicted molar refractivity (Wildman–Crippen MR) is 95.3 cm³/mol. The van der Waals surface area contributed by atoms with Crippen LogP contribution in [-0.4, -0.2) is 30.3 Å². The van der Waals surface area contributed by atoms with Crippen molar-refractivity contribution in [1.29, 1.82) is 0 Å². The smallest absolute Gasteiger partial charge is 0.276 e. The largest absolute Gasteiger partial charge is 0.493 e. The number of halogens is 1. The lowest BCUT2D eigenvalue weighted by Crippen LogP contribution is -2.13. The lowest BCUT2D eigenvalue weighted by atomic mass is 10.1. The maximum atomic E-state index is 13.0. The minimum absolute atomic E-state index is 0.243. The average Bonchev–Trinajstić information content (AvgIpc) is 3.12. The number of aromatic amines is 1. The molecule has 7 heteroatoms. The van der Waals surface area contributed by atoms with E-state index in [2.05, 4.69) is 15.5 Å². The number of ether oxygens (including phenoxy) is 2. The molecule has 2 N–H and O–H groups in total. The molecule has 0 bridgehead atoms. The molecule has 0 aliphatic carbocycles. The van der Waals surface area contributed by atoms with Gasteiger partial charge in [-0.1, -0.05) is 18.2 Å². The summed E-state index contributed by atoms with van der Waals surface area (Å²) in [6.45, 7) is 0. The van der Waals surface area contributed by atoms with Gasteiger partial charge in [-0.05, 0) is 35.9 Å². The van der Waals surface area contributed by atoms with Gasteiger partial charge >= 0.3 is 0 Å². The summed E-state index contributed by atoms with van der Waals surface area (Å²) in [5.41, 5.74) is 2.39. The molecule has 0 aliphatic rings. The topological polar surface area (TPSA) is 76.2 Å². The molecule has 3 aromatic rings. The van der Waals surface area contributed by atoms with Gasteiger partial charge in [0.25, 0.3) is 5.91 Å². The van der Waals surface area contributed by atoms with E-state index in [0.29, 0.717) is 23.6 Å². The van der Waals surface area contributed by atoms with Gasteiger partial charge in [0.05, 0.1) is 19.9 Å². The molecule has 1 heterocycles. The van der Waals surface area contributed by atoms with Gasteiger partial charge in [0.1, 0.15) is 5.82 Å². The first kappa shape index (κ1) is 17.5. The third kappa shape index (κ3) is 3.83. The van der Waals surface area contributed by atoms with E-state index in [-0.39, 0.29) is 17.4 Å². The van der Waals surface area contributed by atoms with Crippen molar-refractivity contribution < 1.29 is 18.7 Å². The first-order valence-corrected chi connectivity index (χ1v) is 7.91. The van der Waals surface area contributed by atoms with E-state index < -0.39 is 0 Å². The van der Waals surface area contributed by atoms with Crippen LogP contribution in [0, 0.1) is 5.82 Å². The molecule has 0 aliphatic heterocycles. The third-order valence-corrected chi connectivity index (χ3v) is 3.82. The number of para-hydroxylation sites is 1. The first-order valence-electron chi connectivity index (χ1n) is 7.91. The van der Waals surface area contributed by atoms with Gasteiger partial charge in [0.15, 0.2) is 17.2 Å². The van der Waals surface area contributed by atoms with Crippen molar-refractivity contribution in [3.8, 4) is 11.5 Å². The number of methoxy groups -OCH3 is 2. The fraction of sp³-hybridized carbons (Fsp3) is 0.158. The number of rotatable bonds is 6. The van der Waals surface area contributed by atoms with Crippen molar-refractivity contribution >= 4 is 11.6 Å². The molecule has 1 aromatic heterocycles. The van der Waals surface area contributed by atoms with Gasteiger partial charge in [0.2, 0.25) is 0 Å². The number of amides is 1. The van der Waals surface area contributed by atoms with Gasteiger partial charge in [-0.3, -0.25) is 9.89 Å². The van der Waals surface area contributed by atoms with E-state index in [0.717, 1.165) is 11.3 Å². The normalized spacial score (nSPS) is 10.4. The summed E-state index contributed by atoms with van der Waals surface area (Å²) < 4.78 is 23.5. The number of anilines is 1. The Morgan fingerprint density at radius 2 is 1.92 bits per heavy atom. The Morgan fingerprint density at radius 3 is 2.62 bits per heavy atom. The van der Waals surface area contributed by atoms with Crippen LogP contribution in [0.25, 0.3) is 0 Å². The lowest BCUT2D eigenvalue weighted by molar-refractivity contribution is 0.102. The molecule has 1 amide bonds. The number of carbonyl (C=O) groups is 1. The quantitative estimate of drug-likeness (QED) is 0.710. The van der Waals surface area contributed by atoms with E-state index >= 15 is 0 Å². The maximum Gasteiger partial charge on any atom is 0.276 e. The Hall–Kier alpha value is -3.35. The summed E-state index contributed by atoms with van der Waals surface area (Å²) in [4.78, 5) is 12.5. The molecule has 3 rings (SSSR count). The Balaban J connectivity index is 1.73. The van der Waals surface area contributed by atoms with E-state index in [4.69, 9.17) is 9.47 Å². The lowest BCUT2D eigenvalue weighted by Gasteiger charge is -2.12. The van der Waals surface area contributed by atoms with E-state index in [1.165, 1.54) is 26.4 Å². The number of H-pyrrole nitrogens is 1. The van der Waals surface area contributed by atoms with Crippen LogP contribution in [0.4, 0.5) is 10.1 Å². The number of hydrogen-bond donors (Lipinski definition) is 2. The zero-order valence-electron chi connectivity index (χ0n) is 14.4. The number of nitrogens with zero attached hydrogens (tertiary/aromatic N) is 1. The summed E-state index contributed by atoms with van der Waals surface area (Å²) in [6, 6.07) is 13.0.